The number of aliphatic hydroxyl groups is 1. The molecular formula is C12H16O4. The zero-order valence-electron chi connectivity index (χ0n) is 9.22. The topological polar surface area (TPSA) is 66.8 Å². The lowest BCUT2D eigenvalue weighted by Crippen LogP contribution is -2.38. The summed E-state index contributed by atoms with van der Waals surface area (Å²) in [6.07, 6.45) is 0.514. The van der Waals surface area contributed by atoms with E-state index in [1.54, 1.807) is 24.3 Å². The van der Waals surface area contributed by atoms with Gasteiger partial charge in [-0.3, -0.25) is 4.79 Å². The van der Waals surface area contributed by atoms with Gasteiger partial charge in [0.2, 0.25) is 5.79 Å². The molecule has 88 valence electrons. The van der Waals surface area contributed by atoms with E-state index in [1.807, 2.05) is 13.0 Å². The van der Waals surface area contributed by atoms with Crippen LogP contribution in [0.1, 0.15) is 26.2 Å². The zero-order chi connectivity index (χ0) is 12.0. The van der Waals surface area contributed by atoms with Crippen LogP contribution < -0.4 is 4.74 Å². The number of rotatable bonds is 6. The Bertz CT molecular complexity index is 336. The first-order valence-corrected chi connectivity index (χ1v) is 5.24. The number of hydrogen-bond donors (Lipinski definition) is 2. The van der Waals surface area contributed by atoms with Crippen molar-refractivity contribution in [3.63, 3.8) is 0 Å². The van der Waals surface area contributed by atoms with E-state index in [4.69, 9.17) is 9.84 Å². The number of hydrogen-bond acceptors (Lipinski definition) is 3. The van der Waals surface area contributed by atoms with Gasteiger partial charge in [0, 0.05) is 6.42 Å². The highest BCUT2D eigenvalue weighted by molar-refractivity contribution is 5.67. The van der Waals surface area contributed by atoms with E-state index >= 15 is 0 Å². The molecule has 0 amide bonds. The van der Waals surface area contributed by atoms with Gasteiger partial charge in [-0.15, -0.1) is 0 Å². The van der Waals surface area contributed by atoms with Crippen molar-refractivity contribution in [1.29, 1.82) is 0 Å². The van der Waals surface area contributed by atoms with E-state index < -0.39 is 18.2 Å². The predicted molar refractivity (Wildman–Crippen MR) is 59.2 cm³/mol. The lowest BCUT2D eigenvalue weighted by Gasteiger charge is -2.27. The van der Waals surface area contributed by atoms with Crippen molar-refractivity contribution in [3.8, 4) is 5.75 Å². The van der Waals surface area contributed by atoms with Gasteiger partial charge >= 0.3 is 5.97 Å². The zero-order valence-corrected chi connectivity index (χ0v) is 9.22. The molecule has 0 aliphatic rings. The minimum atomic E-state index is -1.62. The van der Waals surface area contributed by atoms with Gasteiger partial charge in [-0.05, 0) is 18.6 Å². The first-order valence-electron chi connectivity index (χ1n) is 5.24. The molecule has 0 aliphatic carbocycles. The Hall–Kier alpha value is -1.55. The fraction of sp³-hybridized carbons (Fsp3) is 0.417. The summed E-state index contributed by atoms with van der Waals surface area (Å²) in [5, 5.41) is 18.7. The van der Waals surface area contributed by atoms with E-state index in [-0.39, 0.29) is 6.42 Å². The molecule has 0 bridgehead atoms. The molecule has 0 radical (unpaired) electrons. The summed E-state index contributed by atoms with van der Waals surface area (Å²) >= 11 is 0. The van der Waals surface area contributed by atoms with Crippen LogP contribution in [0.5, 0.6) is 5.75 Å². The predicted octanol–water partition coefficient (Wildman–Crippen LogP) is 2.03. The highest BCUT2D eigenvalue weighted by Crippen LogP contribution is 2.23. The lowest BCUT2D eigenvalue weighted by molar-refractivity contribution is -0.171. The molecule has 0 heterocycles. The summed E-state index contributed by atoms with van der Waals surface area (Å²) in [6, 6.07) is 8.72. The summed E-state index contributed by atoms with van der Waals surface area (Å²) < 4.78 is 5.33. The second-order valence-electron chi connectivity index (χ2n) is 3.68. The summed E-state index contributed by atoms with van der Waals surface area (Å²) in [6.45, 7) is 1.86. The molecule has 0 saturated heterocycles. The molecule has 16 heavy (non-hydrogen) atoms. The minimum absolute atomic E-state index is 0.286. The maximum atomic E-state index is 10.6. The largest absolute Gasteiger partial charge is 0.481 e. The maximum absolute atomic E-state index is 10.6. The molecular weight excluding hydrogens is 208 g/mol. The van der Waals surface area contributed by atoms with Gasteiger partial charge in [-0.2, -0.15) is 0 Å². The van der Waals surface area contributed by atoms with Crippen LogP contribution in [0.3, 0.4) is 0 Å². The molecule has 4 nitrogen and oxygen atoms in total. The van der Waals surface area contributed by atoms with Gasteiger partial charge in [0.15, 0.2) is 0 Å². The minimum Gasteiger partial charge on any atom is -0.481 e. The van der Waals surface area contributed by atoms with Crippen molar-refractivity contribution in [2.24, 2.45) is 0 Å². The Morgan fingerprint density at radius 3 is 2.50 bits per heavy atom. The standard InChI is InChI=1S/C12H16O4/c1-2-8-12(15,9-11(13)14)16-10-6-4-3-5-7-10/h3-7,15H,2,8-9H2,1H3,(H,13,14). The van der Waals surface area contributed by atoms with E-state index in [0.717, 1.165) is 0 Å². The molecule has 1 aromatic rings. The van der Waals surface area contributed by atoms with E-state index in [9.17, 15) is 9.90 Å². The number of carbonyl (C=O) groups is 1. The van der Waals surface area contributed by atoms with Crippen LogP contribution in [0.15, 0.2) is 30.3 Å². The second-order valence-corrected chi connectivity index (χ2v) is 3.68. The molecule has 0 spiro atoms. The normalized spacial score (nSPS) is 14.1. The second kappa shape index (κ2) is 5.51. The molecule has 1 atom stereocenters. The van der Waals surface area contributed by atoms with E-state index in [0.29, 0.717) is 12.2 Å². The van der Waals surface area contributed by atoms with Crippen LogP contribution in [0.4, 0.5) is 0 Å². The first kappa shape index (κ1) is 12.5. The quantitative estimate of drug-likeness (QED) is 0.725. The number of benzene rings is 1. The van der Waals surface area contributed by atoms with Gasteiger partial charge in [0.25, 0.3) is 0 Å². The van der Waals surface area contributed by atoms with Crippen LogP contribution in [0.25, 0.3) is 0 Å². The van der Waals surface area contributed by atoms with Crippen LogP contribution in [-0.4, -0.2) is 22.0 Å². The van der Waals surface area contributed by atoms with Gasteiger partial charge in [0.05, 0.1) is 0 Å². The van der Waals surface area contributed by atoms with Crippen LogP contribution >= 0.6 is 0 Å². The lowest BCUT2D eigenvalue weighted by atomic mass is 10.1. The Morgan fingerprint density at radius 2 is 2.00 bits per heavy atom. The van der Waals surface area contributed by atoms with Crippen molar-refractivity contribution < 1.29 is 19.7 Å². The van der Waals surface area contributed by atoms with Crippen molar-refractivity contribution in [1.82, 2.24) is 0 Å². The average Bonchev–Trinajstić information content (AvgIpc) is 2.17. The summed E-state index contributed by atoms with van der Waals surface area (Å²) in [5.74, 6) is -2.23. The smallest absolute Gasteiger partial charge is 0.310 e. The van der Waals surface area contributed by atoms with Gasteiger partial charge in [0.1, 0.15) is 12.2 Å². The summed E-state index contributed by atoms with van der Waals surface area (Å²) in [4.78, 5) is 10.6. The molecule has 0 aromatic heterocycles. The fourth-order valence-corrected chi connectivity index (χ4v) is 1.51. The highest BCUT2D eigenvalue weighted by atomic mass is 16.6. The monoisotopic (exact) mass is 224 g/mol. The van der Waals surface area contributed by atoms with Crippen LogP contribution in [0.2, 0.25) is 0 Å². The molecule has 0 saturated carbocycles. The molecule has 4 heteroatoms. The third kappa shape index (κ3) is 3.90. The first-order chi connectivity index (χ1) is 7.56. The Kier molecular flexibility index (Phi) is 4.31. The number of carboxylic acids is 1. The Morgan fingerprint density at radius 1 is 1.38 bits per heavy atom. The average molecular weight is 224 g/mol. The van der Waals surface area contributed by atoms with Crippen molar-refractivity contribution in [3.05, 3.63) is 30.3 Å². The third-order valence-corrected chi connectivity index (χ3v) is 2.12. The fourth-order valence-electron chi connectivity index (χ4n) is 1.51. The number of ether oxygens (including phenoxy) is 1. The van der Waals surface area contributed by atoms with Gasteiger partial charge in [-0.1, -0.05) is 25.1 Å². The van der Waals surface area contributed by atoms with Crippen molar-refractivity contribution in [2.45, 2.75) is 32.0 Å². The summed E-state index contributed by atoms with van der Waals surface area (Å²) in [5.41, 5.74) is 0. The molecule has 2 N–H and O–H groups in total. The molecule has 0 aliphatic heterocycles. The molecule has 1 rings (SSSR count). The Labute approximate surface area is 94.5 Å². The van der Waals surface area contributed by atoms with Gasteiger partial charge in [-0.25, -0.2) is 0 Å². The number of carboxylic acid groups (broad SMARTS) is 1. The van der Waals surface area contributed by atoms with E-state index in [1.165, 1.54) is 0 Å². The SMILES string of the molecule is CCCC(O)(CC(=O)O)Oc1ccccc1. The maximum Gasteiger partial charge on any atom is 0.310 e. The molecule has 1 aromatic carbocycles. The van der Waals surface area contributed by atoms with Gasteiger partial charge < -0.3 is 14.9 Å². The molecule has 1 unspecified atom stereocenters. The van der Waals surface area contributed by atoms with Crippen molar-refractivity contribution in [2.75, 3.05) is 0 Å². The summed E-state index contributed by atoms with van der Waals surface area (Å²) in [7, 11) is 0. The third-order valence-electron chi connectivity index (χ3n) is 2.12. The number of aliphatic carboxylic acids is 1. The van der Waals surface area contributed by atoms with E-state index in [2.05, 4.69) is 0 Å². The Balaban J connectivity index is 2.74. The highest BCUT2D eigenvalue weighted by Gasteiger charge is 2.31. The number of para-hydroxylation sites is 1. The van der Waals surface area contributed by atoms with Crippen LogP contribution in [-0.2, 0) is 4.79 Å². The van der Waals surface area contributed by atoms with Crippen molar-refractivity contribution >= 4 is 5.97 Å². The van der Waals surface area contributed by atoms with Crippen LogP contribution in [0, 0.1) is 0 Å². The molecule has 0 fully saturated rings.